The molecule has 0 saturated carbocycles. The van der Waals surface area contributed by atoms with E-state index in [0.29, 0.717) is 30.3 Å². The summed E-state index contributed by atoms with van der Waals surface area (Å²) in [4.78, 5) is 15.5. The lowest BCUT2D eigenvalue weighted by Crippen LogP contribution is -2.37. The average molecular weight is 309 g/mol. The fourth-order valence-electron chi connectivity index (χ4n) is 1.82. The SMILES string of the molecule is CNc1nc(Sc2cccs2)nc(N2CCOCC2)n1. The number of rotatable bonds is 4. The van der Waals surface area contributed by atoms with E-state index in [4.69, 9.17) is 4.74 Å². The highest BCUT2D eigenvalue weighted by Gasteiger charge is 2.16. The van der Waals surface area contributed by atoms with Crippen LogP contribution in [0.15, 0.2) is 26.9 Å². The van der Waals surface area contributed by atoms with E-state index >= 15 is 0 Å². The largest absolute Gasteiger partial charge is 0.378 e. The molecule has 1 aliphatic heterocycles. The van der Waals surface area contributed by atoms with Crippen LogP contribution in [0.4, 0.5) is 11.9 Å². The molecule has 0 aliphatic carbocycles. The number of nitrogens with one attached hydrogen (secondary N) is 1. The van der Waals surface area contributed by atoms with Crippen LogP contribution in [0.1, 0.15) is 0 Å². The Hall–Kier alpha value is -1.38. The Morgan fingerprint density at radius 1 is 1.30 bits per heavy atom. The van der Waals surface area contributed by atoms with E-state index < -0.39 is 0 Å². The minimum Gasteiger partial charge on any atom is -0.378 e. The number of aromatic nitrogens is 3. The van der Waals surface area contributed by atoms with Crippen LogP contribution in [0.2, 0.25) is 0 Å². The van der Waals surface area contributed by atoms with Crippen LogP contribution in [0.5, 0.6) is 0 Å². The van der Waals surface area contributed by atoms with E-state index in [0.717, 1.165) is 13.1 Å². The van der Waals surface area contributed by atoms with E-state index in [2.05, 4.69) is 31.2 Å². The lowest BCUT2D eigenvalue weighted by molar-refractivity contribution is 0.122. The zero-order chi connectivity index (χ0) is 13.8. The lowest BCUT2D eigenvalue weighted by Gasteiger charge is -2.26. The number of anilines is 2. The van der Waals surface area contributed by atoms with Gasteiger partial charge in [0.25, 0.3) is 0 Å². The molecular weight excluding hydrogens is 294 g/mol. The van der Waals surface area contributed by atoms with Gasteiger partial charge in [-0.3, -0.25) is 0 Å². The van der Waals surface area contributed by atoms with Crippen molar-refractivity contribution in [2.45, 2.75) is 9.37 Å². The fraction of sp³-hybridized carbons (Fsp3) is 0.417. The Bertz CT molecular complexity index is 557. The van der Waals surface area contributed by atoms with Crippen molar-refractivity contribution in [2.75, 3.05) is 43.6 Å². The van der Waals surface area contributed by atoms with E-state index in [9.17, 15) is 0 Å². The van der Waals surface area contributed by atoms with Gasteiger partial charge in [-0.1, -0.05) is 6.07 Å². The maximum absolute atomic E-state index is 5.36. The summed E-state index contributed by atoms with van der Waals surface area (Å²) in [5, 5.41) is 5.76. The van der Waals surface area contributed by atoms with Crippen molar-refractivity contribution in [3.8, 4) is 0 Å². The van der Waals surface area contributed by atoms with Gasteiger partial charge in [0.2, 0.25) is 11.9 Å². The molecule has 1 aliphatic rings. The molecule has 1 fully saturated rings. The van der Waals surface area contributed by atoms with Crippen LogP contribution in [-0.2, 0) is 4.74 Å². The lowest BCUT2D eigenvalue weighted by atomic mass is 10.4. The van der Waals surface area contributed by atoms with E-state index in [1.54, 1.807) is 23.1 Å². The van der Waals surface area contributed by atoms with Gasteiger partial charge in [-0.05, 0) is 23.2 Å². The van der Waals surface area contributed by atoms with Gasteiger partial charge < -0.3 is 15.0 Å². The first-order chi connectivity index (χ1) is 9.85. The van der Waals surface area contributed by atoms with Crippen molar-refractivity contribution in [1.29, 1.82) is 0 Å². The van der Waals surface area contributed by atoms with E-state index in [1.807, 2.05) is 18.5 Å². The molecule has 20 heavy (non-hydrogen) atoms. The summed E-state index contributed by atoms with van der Waals surface area (Å²) in [6.45, 7) is 3.06. The second-order valence-electron chi connectivity index (χ2n) is 4.13. The predicted octanol–water partition coefficient (Wildman–Crippen LogP) is 1.96. The number of morpholine rings is 1. The molecule has 6 nitrogen and oxygen atoms in total. The maximum atomic E-state index is 5.36. The Morgan fingerprint density at radius 2 is 2.15 bits per heavy atom. The van der Waals surface area contributed by atoms with Crippen molar-refractivity contribution in [3.05, 3.63) is 17.5 Å². The van der Waals surface area contributed by atoms with Gasteiger partial charge in [0, 0.05) is 20.1 Å². The monoisotopic (exact) mass is 309 g/mol. The van der Waals surface area contributed by atoms with Gasteiger partial charge in [0.05, 0.1) is 17.4 Å². The Balaban J connectivity index is 1.85. The van der Waals surface area contributed by atoms with Crippen LogP contribution in [0.25, 0.3) is 0 Å². The van der Waals surface area contributed by atoms with Crippen molar-refractivity contribution < 1.29 is 4.74 Å². The molecule has 8 heteroatoms. The fourth-order valence-corrected chi connectivity index (χ4v) is 3.44. The highest BCUT2D eigenvalue weighted by molar-refractivity contribution is 8.01. The Morgan fingerprint density at radius 3 is 2.85 bits per heavy atom. The van der Waals surface area contributed by atoms with Gasteiger partial charge >= 0.3 is 0 Å². The number of nitrogens with zero attached hydrogens (tertiary/aromatic N) is 4. The maximum Gasteiger partial charge on any atom is 0.231 e. The number of ether oxygens (including phenoxy) is 1. The molecule has 0 atom stereocenters. The Labute approximate surface area is 125 Å². The van der Waals surface area contributed by atoms with Gasteiger partial charge in [-0.25, -0.2) is 0 Å². The molecule has 0 radical (unpaired) electrons. The molecule has 1 N–H and O–H groups in total. The van der Waals surface area contributed by atoms with Crippen LogP contribution in [-0.4, -0.2) is 48.3 Å². The Kier molecular flexibility index (Phi) is 4.34. The summed E-state index contributed by atoms with van der Waals surface area (Å²) in [6.07, 6.45) is 0. The van der Waals surface area contributed by atoms with Gasteiger partial charge in [-0.15, -0.1) is 11.3 Å². The van der Waals surface area contributed by atoms with Crippen LogP contribution < -0.4 is 10.2 Å². The molecule has 3 heterocycles. The van der Waals surface area contributed by atoms with Crippen molar-refractivity contribution in [2.24, 2.45) is 0 Å². The average Bonchev–Trinajstić information content (AvgIpc) is 3.00. The van der Waals surface area contributed by atoms with Crippen LogP contribution in [0, 0.1) is 0 Å². The third kappa shape index (κ3) is 3.20. The molecule has 106 valence electrons. The molecule has 0 bridgehead atoms. The quantitative estimate of drug-likeness (QED) is 0.926. The van der Waals surface area contributed by atoms with Gasteiger partial charge in [0.1, 0.15) is 0 Å². The zero-order valence-electron chi connectivity index (χ0n) is 11.1. The molecule has 2 aromatic heterocycles. The van der Waals surface area contributed by atoms with Gasteiger partial charge in [-0.2, -0.15) is 15.0 Å². The molecule has 0 amide bonds. The number of hydrogen-bond donors (Lipinski definition) is 1. The molecule has 0 unspecified atom stereocenters. The first kappa shape index (κ1) is 13.6. The second kappa shape index (κ2) is 6.38. The number of thiophene rings is 1. The molecule has 1 saturated heterocycles. The smallest absolute Gasteiger partial charge is 0.231 e. The third-order valence-electron chi connectivity index (χ3n) is 2.81. The van der Waals surface area contributed by atoms with Crippen molar-refractivity contribution >= 4 is 35.0 Å². The first-order valence-electron chi connectivity index (χ1n) is 6.33. The summed E-state index contributed by atoms with van der Waals surface area (Å²) in [5.41, 5.74) is 0. The minimum atomic E-state index is 0.598. The molecule has 0 aromatic carbocycles. The summed E-state index contributed by atoms with van der Waals surface area (Å²) in [7, 11) is 1.82. The third-order valence-corrected chi connectivity index (χ3v) is 4.71. The summed E-state index contributed by atoms with van der Waals surface area (Å²) >= 11 is 3.24. The highest BCUT2D eigenvalue weighted by atomic mass is 32.2. The second-order valence-corrected chi connectivity index (χ2v) is 6.34. The summed E-state index contributed by atoms with van der Waals surface area (Å²) < 4.78 is 6.53. The highest BCUT2D eigenvalue weighted by Crippen LogP contribution is 2.30. The van der Waals surface area contributed by atoms with Crippen molar-refractivity contribution in [1.82, 2.24) is 15.0 Å². The summed E-state index contributed by atoms with van der Waals surface area (Å²) in [6, 6.07) is 4.09. The van der Waals surface area contributed by atoms with Crippen molar-refractivity contribution in [3.63, 3.8) is 0 Å². The normalized spacial score (nSPS) is 15.3. The van der Waals surface area contributed by atoms with E-state index in [-0.39, 0.29) is 0 Å². The standard InChI is InChI=1S/C12H15N5OS2/c1-13-10-14-11(17-4-6-18-7-5-17)16-12(15-10)20-9-3-2-8-19-9/h2-3,8H,4-7H2,1H3,(H,13,14,15,16). The van der Waals surface area contributed by atoms with Gasteiger partial charge in [0.15, 0.2) is 5.16 Å². The molecule has 0 spiro atoms. The molecule has 2 aromatic rings. The molecular formula is C12H15N5OS2. The first-order valence-corrected chi connectivity index (χ1v) is 8.02. The predicted molar refractivity (Wildman–Crippen MR) is 80.8 cm³/mol. The topological polar surface area (TPSA) is 63.2 Å². The number of hydrogen-bond acceptors (Lipinski definition) is 8. The molecule has 3 rings (SSSR count). The minimum absolute atomic E-state index is 0.598. The van der Waals surface area contributed by atoms with Crippen LogP contribution >= 0.6 is 23.1 Å². The van der Waals surface area contributed by atoms with E-state index in [1.165, 1.54) is 4.21 Å². The van der Waals surface area contributed by atoms with Crippen LogP contribution in [0.3, 0.4) is 0 Å². The zero-order valence-corrected chi connectivity index (χ0v) is 12.7. The summed E-state index contributed by atoms with van der Waals surface area (Å²) in [5.74, 6) is 1.31.